The number of aryl methyl sites for hydroxylation is 2. The average Bonchev–Trinajstić information content (AvgIpc) is 2.70. The monoisotopic (exact) mass is 404 g/mol. The fourth-order valence-electron chi connectivity index (χ4n) is 3.67. The number of halogens is 1. The van der Waals surface area contributed by atoms with Gasteiger partial charge >= 0.3 is 0 Å². The summed E-state index contributed by atoms with van der Waals surface area (Å²) < 4.78 is 2.14. The Morgan fingerprint density at radius 2 is 1.76 bits per heavy atom. The van der Waals surface area contributed by atoms with Gasteiger partial charge in [0.15, 0.2) is 5.43 Å². The summed E-state index contributed by atoms with van der Waals surface area (Å²) in [4.78, 5) is 25.2. The number of nitrogens with zero attached hydrogens (tertiary/aromatic N) is 1. The molecule has 0 radical (unpaired) electrons. The summed E-state index contributed by atoms with van der Waals surface area (Å²) in [7, 11) is 0. The van der Waals surface area contributed by atoms with Crippen LogP contribution >= 0.6 is 11.6 Å². The number of amides is 1. The number of rotatable bonds is 5. The van der Waals surface area contributed by atoms with E-state index in [2.05, 4.69) is 9.88 Å². The van der Waals surface area contributed by atoms with E-state index in [9.17, 15) is 9.59 Å². The Bertz CT molecular complexity index is 1280. The molecule has 146 valence electrons. The molecule has 4 rings (SSSR count). The topological polar surface area (TPSA) is 51.1 Å². The zero-order valence-electron chi connectivity index (χ0n) is 16.1. The van der Waals surface area contributed by atoms with Crippen LogP contribution in [0.1, 0.15) is 18.4 Å². The van der Waals surface area contributed by atoms with Crippen molar-refractivity contribution in [2.75, 3.05) is 5.32 Å². The van der Waals surface area contributed by atoms with Crippen LogP contribution in [-0.2, 0) is 11.3 Å². The highest BCUT2D eigenvalue weighted by Gasteiger charge is 2.11. The maximum Gasteiger partial charge on any atom is 0.224 e. The highest BCUT2D eigenvalue weighted by molar-refractivity contribution is 6.30. The number of hydrogen-bond acceptors (Lipinski definition) is 2. The van der Waals surface area contributed by atoms with E-state index in [1.165, 1.54) is 0 Å². The number of fused-ring (bicyclic) bond motifs is 2. The molecule has 1 heterocycles. The van der Waals surface area contributed by atoms with E-state index in [1.807, 2.05) is 55.5 Å². The van der Waals surface area contributed by atoms with Gasteiger partial charge in [-0.25, -0.2) is 0 Å². The third kappa shape index (κ3) is 4.03. The largest absolute Gasteiger partial charge is 0.340 e. The first kappa shape index (κ1) is 19.2. The smallest absolute Gasteiger partial charge is 0.224 e. The van der Waals surface area contributed by atoms with Gasteiger partial charge in [-0.05, 0) is 55.8 Å². The first-order valence-corrected chi connectivity index (χ1v) is 9.98. The van der Waals surface area contributed by atoms with Gasteiger partial charge in [0.1, 0.15) is 0 Å². The van der Waals surface area contributed by atoms with Crippen molar-refractivity contribution in [2.45, 2.75) is 26.3 Å². The van der Waals surface area contributed by atoms with Crippen molar-refractivity contribution in [3.8, 4) is 0 Å². The first-order valence-electron chi connectivity index (χ1n) is 9.60. The quantitative estimate of drug-likeness (QED) is 0.444. The molecule has 0 aliphatic rings. The zero-order chi connectivity index (χ0) is 20.4. The molecule has 3 aromatic carbocycles. The van der Waals surface area contributed by atoms with Crippen LogP contribution < -0.4 is 10.7 Å². The maximum atomic E-state index is 12.9. The molecule has 4 nitrogen and oxygen atoms in total. The Morgan fingerprint density at radius 1 is 0.966 bits per heavy atom. The highest BCUT2D eigenvalue weighted by Crippen LogP contribution is 2.21. The number of carbonyl (C=O) groups is 1. The van der Waals surface area contributed by atoms with Crippen molar-refractivity contribution in [1.29, 1.82) is 0 Å². The number of pyridine rings is 1. The maximum absolute atomic E-state index is 12.9. The van der Waals surface area contributed by atoms with Gasteiger partial charge in [-0.2, -0.15) is 0 Å². The van der Waals surface area contributed by atoms with Crippen LogP contribution in [0.25, 0.3) is 21.8 Å². The van der Waals surface area contributed by atoms with Gasteiger partial charge in [-0.1, -0.05) is 41.4 Å². The summed E-state index contributed by atoms with van der Waals surface area (Å²) in [6, 6.07) is 20.7. The lowest BCUT2D eigenvalue weighted by Crippen LogP contribution is -2.15. The normalized spacial score (nSPS) is 11.1. The SMILES string of the molecule is Cc1ccc2c(c1)c(=O)c1ccccc1n2CCCC(=O)Nc1cccc(Cl)c1. The van der Waals surface area contributed by atoms with E-state index < -0.39 is 0 Å². The fraction of sp³-hybridized carbons (Fsp3) is 0.167. The molecule has 1 N–H and O–H groups in total. The van der Waals surface area contributed by atoms with Gasteiger partial charge in [0.2, 0.25) is 5.91 Å². The minimum absolute atomic E-state index is 0.0502. The molecule has 0 atom stereocenters. The lowest BCUT2D eigenvalue weighted by molar-refractivity contribution is -0.116. The molecule has 1 aromatic heterocycles. The van der Waals surface area contributed by atoms with Crippen LogP contribution in [0.4, 0.5) is 5.69 Å². The molecule has 5 heteroatoms. The molecule has 0 aliphatic carbocycles. The molecular weight excluding hydrogens is 384 g/mol. The van der Waals surface area contributed by atoms with Crippen LogP contribution in [0.3, 0.4) is 0 Å². The predicted molar refractivity (Wildman–Crippen MR) is 120 cm³/mol. The summed E-state index contributed by atoms with van der Waals surface area (Å²) in [5, 5.41) is 4.88. The second-order valence-corrected chi connectivity index (χ2v) is 7.62. The molecular formula is C24H21ClN2O2. The van der Waals surface area contributed by atoms with Gasteiger partial charge in [0, 0.05) is 34.4 Å². The van der Waals surface area contributed by atoms with E-state index in [1.54, 1.807) is 18.2 Å². The molecule has 0 spiro atoms. The molecule has 0 fully saturated rings. The number of nitrogens with one attached hydrogen (secondary N) is 1. The lowest BCUT2D eigenvalue weighted by Gasteiger charge is -2.15. The summed E-state index contributed by atoms with van der Waals surface area (Å²) in [5.41, 5.74) is 3.59. The van der Waals surface area contributed by atoms with Crippen LogP contribution in [0.5, 0.6) is 0 Å². The van der Waals surface area contributed by atoms with Crippen molar-refractivity contribution in [3.63, 3.8) is 0 Å². The van der Waals surface area contributed by atoms with E-state index in [-0.39, 0.29) is 11.3 Å². The Hall–Kier alpha value is -3.11. The van der Waals surface area contributed by atoms with Gasteiger partial charge in [0.25, 0.3) is 0 Å². The molecule has 0 aliphatic heterocycles. The Kier molecular flexibility index (Phi) is 5.36. The Labute approximate surface area is 173 Å². The van der Waals surface area contributed by atoms with Crippen LogP contribution in [0.15, 0.2) is 71.5 Å². The third-order valence-corrected chi connectivity index (χ3v) is 5.26. The van der Waals surface area contributed by atoms with E-state index in [0.717, 1.165) is 16.6 Å². The van der Waals surface area contributed by atoms with Crippen molar-refractivity contribution in [2.24, 2.45) is 0 Å². The number of hydrogen-bond donors (Lipinski definition) is 1. The number of para-hydroxylation sites is 1. The molecule has 0 saturated carbocycles. The number of carbonyl (C=O) groups excluding carboxylic acids is 1. The number of benzene rings is 3. The van der Waals surface area contributed by atoms with Crippen molar-refractivity contribution in [3.05, 3.63) is 87.5 Å². The highest BCUT2D eigenvalue weighted by atomic mass is 35.5. The lowest BCUT2D eigenvalue weighted by atomic mass is 10.1. The van der Waals surface area contributed by atoms with E-state index in [4.69, 9.17) is 11.6 Å². The molecule has 1 amide bonds. The fourth-order valence-corrected chi connectivity index (χ4v) is 3.86. The number of anilines is 1. The minimum Gasteiger partial charge on any atom is -0.340 e. The summed E-state index contributed by atoms with van der Waals surface area (Å²) in [6.45, 7) is 2.63. The van der Waals surface area contributed by atoms with Crippen molar-refractivity contribution in [1.82, 2.24) is 4.57 Å². The molecule has 0 saturated heterocycles. The average molecular weight is 405 g/mol. The van der Waals surface area contributed by atoms with Crippen LogP contribution in [0.2, 0.25) is 5.02 Å². The van der Waals surface area contributed by atoms with Gasteiger partial charge < -0.3 is 9.88 Å². The molecule has 0 unspecified atom stereocenters. The minimum atomic E-state index is -0.0576. The molecule has 0 bridgehead atoms. The summed E-state index contributed by atoms with van der Waals surface area (Å²) >= 11 is 5.97. The second-order valence-electron chi connectivity index (χ2n) is 7.18. The zero-order valence-corrected chi connectivity index (χ0v) is 16.9. The Morgan fingerprint density at radius 3 is 2.59 bits per heavy atom. The summed E-state index contributed by atoms with van der Waals surface area (Å²) in [5.74, 6) is -0.0576. The van der Waals surface area contributed by atoms with Crippen LogP contribution in [-0.4, -0.2) is 10.5 Å². The van der Waals surface area contributed by atoms with Crippen LogP contribution in [0, 0.1) is 6.92 Å². The number of aromatic nitrogens is 1. The van der Waals surface area contributed by atoms with E-state index in [0.29, 0.717) is 40.9 Å². The standard InChI is InChI=1S/C24H21ClN2O2/c1-16-11-12-22-20(14-16)24(29)19-8-2-3-9-21(19)27(22)13-5-10-23(28)26-18-7-4-6-17(25)15-18/h2-4,6-9,11-12,14-15H,5,10,13H2,1H3,(H,26,28). The Balaban J connectivity index is 1.59. The van der Waals surface area contributed by atoms with Crippen molar-refractivity contribution < 1.29 is 4.79 Å². The second kappa shape index (κ2) is 8.10. The summed E-state index contributed by atoms with van der Waals surface area (Å²) in [6.07, 6.45) is 1.03. The van der Waals surface area contributed by atoms with Gasteiger partial charge in [-0.3, -0.25) is 9.59 Å². The van der Waals surface area contributed by atoms with Gasteiger partial charge in [0.05, 0.1) is 11.0 Å². The molecule has 29 heavy (non-hydrogen) atoms. The predicted octanol–water partition coefficient (Wildman–Crippen LogP) is 5.54. The van der Waals surface area contributed by atoms with E-state index >= 15 is 0 Å². The van der Waals surface area contributed by atoms with Crippen molar-refractivity contribution >= 4 is 45.0 Å². The molecule has 4 aromatic rings. The first-order chi connectivity index (χ1) is 14.0. The van der Waals surface area contributed by atoms with Gasteiger partial charge in [-0.15, -0.1) is 0 Å². The third-order valence-electron chi connectivity index (χ3n) is 5.02.